The van der Waals surface area contributed by atoms with Crippen molar-refractivity contribution in [2.24, 2.45) is 17.1 Å². The van der Waals surface area contributed by atoms with Crippen molar-refractivity contribution in [3.63, 3.8) is 0 Å². The molecule has 0 spiro atoms. The van der Waals surface area contributed by atoms with Gasteiger partial charge in [-0.25, -0.2) is 0 Å². The number of aliphatic hydroxyl groups excluding tert-OH is 1. The van der Waals surface area contributed by atoms with E-state index in [1.807, 2.05) is 13.8 Å². The van der Waals surface area contributed by atoms with Gasteiger partial charge in [0.25, 0.3) is 0 Å². The Morgan fingerprint density at radius 3 is 2.15 bits per heavy atom. The van der Waals surface area contributed by atoms with Crippen molar-refractivity contribution in [3.05, 3.63) is 0 Å². The highest BCUT2D eigenvalue weighted by Gasteiger charge is 2.36. The first-order valence-corrected chi connectivity index (χ1v) is 4.92. The van der Waals surface area contributed by atoms with Gasteiger partial charge in [-0.05, 0) is 31.6 Å². The van der Waals surface area contributed by atoms with E-state index in [1.165, 1.54) is 0 Å². The number of rotatable bonds is 2. The van der Waals surface area contributed by atoms with Crippen LogP contribution in [0.4, 0.5) is 0 Å². The summed E-state index contributed by atoms with van der Waals surface area (Å²) in [5, 5.41) is 9.32. The molecule has 1 aliphatic carbocycles. The van der Waals surface area contributed by atoms with E-state index in [1.54, 1.807) is 0 Å². The molecule has 0 radical (unpaired) electrons. The molecule has 13 heavy (non-hydrogen) atoms. The second kappa shape index (κ2) is 3.66. The maximum atomic E-state index is 11.2. The number of hydrogen-bond donors (Lipinski definition) is 2. The minimum Gasteiger partial charge on any atom is -0.393 e. The molecule has 0 aromatic rings. The van der Waals surface area contributed by atoms with Gasteiger partial charge in [0.1, 0.15) is 0 Å². The van der Waals surface area contributed by atoms with Crippen molar-refractivity contribution in [3.8, 4) is 0 Å². The van der Waals surface area contributed by atoms with Crippen molar-refractivity contribution in [2.75, 3.05) is 0 Å². The zero-order chi connectivity index (χ0) is 10.1. The fourth-order valence-corrected chi connectivity index (χ4v) is 2.00. The minimum absolute atomic E-state index is 0.167. The van der Waals surface area contributed by atoms with Crippen LogP contribution in [0.25, 0.3) is 0 Å². The molecule has 1 aliphatic rings. The van der Waals surface area contributed by atoms with E-state index in [2.05, 4.69) is 0 Å². The first-order chi connectivity index (χ1) is 5.94. The van der Waals surface area contributed by atoms with Gasteiger partial charge in [0, 0.05) is 5.41 Å². The number of amides is 1. The average molecular weight is 185 g/mol. The summed E-state index contributed by atoms with van der Waals surface area (Å²) in [6.07, 6.45) is 3.27. The van der Waals surface area contributed by atoms with E-state index in [4.69, 9.17) is 5.73 Å². The molecule has 3 heteroatoms. The van der Waals surface area contributed by atoms with Crippen LogP contribution >= 0.6 is 0 Å². The van der Waals surface area contributed by atoms with Crippen LogP contribution in [-0.4, -0.2) is 17.1 Å². The second-order valence-corrected chi connectivity index (χ2v) is 4.59. The number of aliphatic hydroxyl groups is 1. The van der Waals surface area contributed by atoms with Crippen LogP contribution in [0.5, 0.6) is 0 Å². The number of carbonyl (C=O) groups excluding carboxylic acids is 1. The van der Waals surface area contributed by atoms with Gasteiger partial charge in [-0.3, -0.25) is 4.79 Å². The van der Waals surface area contributed by atoms with Gasteiger partial charge in [0.2, 0.25) is 5.91 Å². The molecule has 1 saturated carbocycles. The summed E-state index contributed by atoms with van der Waals surface area (Å²) in [5.74, 6) is 0.113. The van der Waals surface area contributed by atoms with Gasteiger partial charge in [0.15, 0.2) is 0 Å². The quantitative estimate of drug-likeness (QED) is 0.675. The van der Waals surface area contributed by atoms with Gasteiger partial charge >= 0.3 is 0 Å². The van der Waals surface area contributed by atoms with Gasteiger partial charge in [-0.2, -0.15) is 0 Å². The van der Waals surface area contributed by atoms with Crippen LogP contribution in [0.1, 0.15) is 39.5 Å². The lowest BCUT2D eigenvalue weighted by Crippen LogP contribution is -2.40. The highest BCUT2D eigenvalue weighted by atomic mass is 16.3. The van der Waals surface area contributed by atoms with Crippen molar-refractivity contribution < 1.29 is 9.90 Å². The Morgan fingerprint density at radius 2 is 1.77 bits per heavy atom. The first-order valence-electron chi connectivity index (χ1n) is 4.92. The molecule has 0 heterocycles. The molecule has 1 fully saturated rings. The van der Waals surface area contributed by atoms with Crippen molar-refractivity contribution in [1.29, 1.82) is 0 Å². The van der Waals surface area contributed by atoms with Gasteiger partial charge in [-0.15, -0.1) is 0 Å². The molecule has 76 valence electrons. The molecule has 0 aromatic carbocycles. The van der Waals surface area contributed by atoms with Gasteiger partial charge < -0.3 is 10.8 Å². The Kier molecular flexibility index (Phi) is 2.96. The maximum Gasteiger partial charge on any atom is 0.223 e. The standard InChI is InChI=1S/C10H19NO2/c1-10(2,9(11)13)7-3-5-8(12)6-4-7/h7-8,12H,3-6H2,1-2H3,(H2,11,13). The highest BCUT2D eigenvalue weighted by Crippen LogP contribution is 2.37. The van der Waals surface area contributed by atoms with Gasteiger partial charge in [-0.1, -0.05) is 13.8 Å². The highest BCUT2D eigenvalue weighted by molar-refractivity contribution is 5.80. The largest absolute Gasteiger partial charge is 0.393 e. The van der Waals surface area contributed by atoms with E-state index < -0.39 is 5.41 Å². The summed E-state index contributed by atoms with van der Waals surface area (Å²) in [5.41, 5.74) is 4.92. The molecule has 0 aliphatic heterocycles. The third kappa shape index (κ3) is 2.21. The zero-order valence-corrected chi connectivity index (χ0v) is 8.42. The summed E-state index contributed by atoms with van der Waals surface area (Å²) in [6.45, 7) is 3.80. The predicted molar refractivity (Wildman–Crippen MR) is 50.9 cm³/mol. The van der Waals surface area contributed by atoms with Crippen LogP contribution < -0.4 is 5.73 Å². The summed E-state index contributed by atoms with van der Waals surface area (Å²) in [6, 6.07) is 0. The summed E-state index contributed by atoms with van der Waals surface area (Å²) < 4.78 is 0. The molecule has 0 aromatic heterocycles. The molecule has 3 nitrogen and oxygen atoms in total. The van der Waals surface area contributed by atoms with E-state index in [9.17, 15) is 9.90 Å². The third-order valence-electron chi connectivity index (χ3n) is 3.35. The fourth-order valence-electron chi connectivity index (χ4n) is 2.00. The molecular weight excluding hydrogens is 166 g/mol. The zero-order valence-electron chi connectivity index (χ0n) is 8.42. The third-order valence-corrected chi connectivity index (χ3v) is 3.35. The van der Waals surface area contributed by atoms with Crippen LogP contribution in [0, 0.1) is 11.3 Å². The Bertz CT molecular complexity index is 193. The van der Waals surface area contributed by atoms with Crippen molar-refractivity contribution >= 4 is 5.91 Å². The Hall–Kier alpha value is -0.570. The molecule has 0 atom stereocenters. The lowest BCUT2D eigenvalue weighted by Gasteiger charge is -2.35. The molecule has 0 unspecified atom stereocenters. The molecule has 0 saturated heterocycles. The van der Waals surface area contributed by atoms with E-state index in [0.717, 1.165) is 25.7 Å². The molecule has 0 bridgehead atoms. The SMILES string of the molecule is CC(C)(C(N)=O)C1CCC(O)CC1. The normalized spacial score (nSPS) is 30.1. The molecule has 1 rings (SSSR count). The van der Waals surface area contributed by atoms with E-state index in [-0.39, 0.29) is 12.0 Å². The number of carbonyl (C=O) groups is 1. The smallest absolute Gasteiger partial charge is 0.223 e. The minimum atomic E-state index is -0.417. The Labute approximate surface area is 79.3 Å². The van der Waals surface area contributed by atoms with Gasteiger partial charge in [0.05, 0.1) is 6.10 Å². The monoisotopic (exact) mass is 185 g/mol. The van der Waals surface area contributed by atoms with Crippen LogP contribution in [0.2, 0.25) is 0 Å². The molecule has 3 N–H and O–H groups in total. The first kappa shape index (κ1) is 10.5. The topological polar surface area (TPSA) is 63.3 Å². The number of nitrogens with two attached hydrogens (primary N) is 1. The maximum absolute atomic E-state index is 11.2. The van der Waals surface area contributed by atoms with E-state index in [0.29, 0.717) is 5.92 Å². The van der Waals surface area contributed by atoms with Crippen LogP contribution in [0.3, 0.4) is 0 Å². The Morgan fingerprint density at radius 1 is 1.31 bits per heavy atom. The fraction of sp³-hybridized carbons (Fsp3) is 0.900. The lowest BCUT2D eigenvalue weighted by molar-refractivity contribution is -0.129. The summed E-state index contributed by atoms with van der Waals surface area (Å²) in [7, 11) is 0. The predicted octanol–water partition coefficient (Wildman–Crippen LogP) is 1.05. The lowest BCUT2D eigenvalue weighted by atomic mass is 9.70. The molecule has 1 amide bonds. The van der Waals surface area contributed by atoms with Crippen molar-refractivity contribution in [1.82, 2.24) is 0 Å². The average Bonchev–Trinajstić information content (AvgIpc) is 2.04. The Balaban J connectivity index is 2.58. The van der Waals surface area contributed by atoms with E-state index >= 15 is 0 Å². The second-order valence-electron chi connectivity index (χ2n) is 4.59. The van der Waals surface area contributed by atoms with Crippen LogP contribution in [-0.2, 0) is 4.79 Å². The molecular formula is C10H19NO2. The number of primary amides is 1. The summed E-state index contributed by atoms with van der Waals surface area (Å²) >= 11 is 0. The van der Waals surface area contributed by atoms with Crippen molar-refractivity contribution in [2.45, 2.75) is 45.6 Å². The van der Waals surface area contributed by atoms with Crippen LogP contribution in [0.15, 0.2) is 0 Å². The number of hydrogen-bond acceptors (Lipinski definition) is 2. The summed E-state index contributed by atoms with van der Waals surface area (Å²) in [4.78, 5) is 11.2.